The maximum atomic E-state index is 5.25. The molecule has 0 aliphatic carbocycles. The van der Waals surface area contributed by atoms with Gasteiger partial charge in [0, 0.05) is 14.2 Å². The Hall–Kier alpha value is 0.0969. The highest BCUT2D eigenvalue weighted by atomic mass is 28.3. The highest BCUT2D eigenvalue weighted by Gasteiger charge is 2.09. The molecular formula is C9H23NO2Si. The average Bonchev–Trinajstić information content (AvgIpc) is 2.19. The third kappa shape index (κ3) is 6.21. The predicted molar refractivity (Wildman–Crippen MR) is 58.4 cm³/mol. The number of hydrogen-bond donors (Lipinski definition) is 0. The van der Waals surface area contributed by atoms with Crippen molar-refractivity contribution in [2.45, 2.75) is 26.3 Å². The van der Waals surface area contributed by atoms with E-state index in [0.717, 1.165) is 19.1 Å². The monoisotopic (exact) mass is 205 g/mol. The van der Waals surface area contributed by atoms with Crippen molar-refractivity contribution in [1.29, 1.82) is 0 Å². The smallest absolute Gasteiger partial charge is 0.320 e. The summed E-state index contributed by atoms with van der Waals surface area (Å²) < 4.78 is 10.5. The fourth-order valence-corrected chi connectivity index (χ4v) is 2.53. The molecule has 0 bridgehead atoms. The zero-order valence-corrected chi connectivity index (χ0v) is 10.5. The second-order valence-electron chi connectivity index (χ2n) is 3.07. The van der Waals surface area contributed by atoms with Crippen LogP contribution >= 0.6 is 0 Å². The highest BCUT2D eigenvalue weighted by Crippen LogP contribution is 2.01. The van der Waals surface area contributed by atoms with E-state index in [1.807, 2.05) is 0 Å². The minimum Gasteiger partial charge on any atom is -0.400 e. The van der Waals surface area contributed by atoms with Crippen LogP contribution in [0.15, 0.2) is 0 Å². The van der Waals surface area contributed by atoms with Crippen molar-refractivity contribution in [2.24, 2.45) is 0 Å². The van der Waals surface area contributed by atoms with Crippen molar-refractivity contribution in [3.05, 3.63) is 0 Å². The van der Waals surface area contributed by atoms with Crippen LogP contribution < -0.4 is 0 Å². The normalized spacial score (nSPS) is 11.5. The molecule has 0 N–H and O–H groups in total. The van der Waals surface area contributed by atoms with Crippen LogP contribution in [-0.4, -0.2) is 48.0 Å². The van der Waals surface area contributed by atoms with Gasteiger partial charge in [-0.25, -0.2) is 0 Å². The van der Waals surface area contributed by atoms with Gasteiger partial charge in [0.25, 0.3) is 0 Å². The van der Waals surface area contributed by atoms with E-state index in [-0.39, 0.29) is 0 Å². The van der Waals surface area contributed by atoms with Crippen molar-refractivity contribution < 1.29 is 8.85 Å². The fourth-order valence-electron chi connectivity index (χ4n) is 1.35. The van der Waals surface area contributed by atoms with Crippen LogP contribution in [-0.2, 0) is 8.85 Å². The minimum absolute atomic E-state index is 1.11. The topological polar surface area (TPSA) is 21.7 Å². The summed E-state index contributed by atoms with van der Waals surface area (Å²) in [4.78, 5) is 2.43. The third-order valence-electron chi connectivity index (χ3n) is 2.33. The summed E-state index contributed by atoms with van der Waals surface area (Å²) in [5, 5.41) is 0. The first-order valence-corrected chi connectivity index (χ1v) is 6.82. The van der Waals surface area contributed by atoms with Crippen LogP contribution in [0, 0.1) is 0 Å². The minimum atomic E-state index is -1.30. The summed E-state index contributed by atoms with van der Waals surface area (Å²) in [6.45, 7) is 7.85. The van der Waals surface area contributed by atoms with Crippen molar-refractivity contribution in [1.82, 2.24) is 4.90 Å². The standard InChI is InChI=1S/C9H23NO2Si/c1-5-10(6-2)8-7-9-13(11-3)12-4/h13H,5-9H2,1-4H3. The molecule has 4 heteroatoms. The maximum absolute atomic E-state index is 5.25. The molecular weight excluding hydrogens is 182 g/mol. The summed E-state index contributed by atoms with van der Waals surface area (Å²) >= 11 is 0. The lowest BCUT2D eigenvalue weighted by Gasteiger charge is -2.18. The van der Waals surface area contributed by atoms with Gasteiger partial charge in [-0.1, -0.05) is 13.8 Å². The zero-order valence-electron chi connectivity index (χ0n) is 9.38. The lowest BCUT2D eigenvalue weighted by molar-refractivity contribution is 0.266. The quantitative estimate of drug-likeness (QED) is 0.556. The number of rotatable bonds is 8. The molecule has 13 heavy (non-hydrogen) atoms. The molecule has 80 valence electrons. The van der Waals surface area contributed by atoms with Gasteiger partial charge in [0.05, 0.1) is 0 Å². The second kappa shape index (κ2) is 8.68. The summed E-state index contributed by atoms with van der Waals surface area (Å²) in [7, 11) is 2.20. The van der Waals surface area contributed by atoms with Crippen LogP contribution in [0.2, 0.25) is 6.04 Å². The van der Waals surface area contributed by atoms with Crippen molar-refractivity contribution in [2.75, 3.05) is 33.9 Å². The van der Waals surface area contributed by atoms with E-state index in [0.29, 0.717) is 0 Å². The molecule has 0 amide bonds. The fraction of sp³-hybridized carbons (Fsp3) is 1.00. The number of hydrogen-bond acceptors (Lipinski definition) is 3. The molecule has 0 spiro atoms. The first kappa shape index (κ1) is 13.1. The molecule has 0 atom stereocenters. The van der Waals surface area contributed by atoms with Gasteiger partial charge in [0.15, 0.2) is 0 Å². The maximum Gasteiger partial charge on any atom is 0.320 e. The summed E-state index contributed by atoms with van der Waals surface area (Å²) in [5.74, 6) is 0. The molecule has 0 rings (SSSR count). The van der Waals surface area contributed by atoms with Gasteiger partial charge in [-0.3, -0.25) is 0 Å². The summed E-state index contributed by atoms with van der Waals surface area (Å²) in [6.07, 6.45) is 1.19. The molecule has 0 radical (unpaired) electrons. The number of nitrogens with zero attached hydrogens (tertiary/aromatic N) is 1. The van der Waals surface area contributed by atoms with Crippen LogP contribution in [0.25, 0.3) is 0 Å². The zero-order chi connectivity index (χ0) is 10.1. The Morgan fingerprint density at radius 1 is 1.08 bits per heavy atom. The Morgan fingerprint density at radius 2 is 1.62 bits per heavy atom. The van der Waals surface area contributed by atoms with Crippen LogP contribution in [0.4, 0.5) is 0 Å². The van der Waals surface area contributed by atoms with E-state index in [1.165, 1.54) is 13.0 Å². The first-order chi connectivity index (χ1) is 6.28. The van der Waals surface area contributed by atoms with Crippen LogP contribution in [0.1, 0.15) is 20.3 Å². The Bertz CT molecular complexity index is 93.8. The average molecular weight is 205 g/mol. The molecule has 0 saturated heterocycles. The van der Waals surface area contributed by atoms with Crippen LogP contribution in [0.5, 0.6) is 0 Å². The van der Waals surface area contributed by atoms with Gasteiger partial charge in [0.1, 0.15) is 0 Å². The molecule has 0 aliphatic heterocycles. The molecule has 0 fully saturated rings. The third-order valence-corrected chi connectivity index (χ3v) is 4.27. The lowest BCUT2D eigenvalue weighted by atomic mass is 10.4. The van der Waals surface area contributed by atoms with Gasteiger partial charge < -0.3 is 13.8 Å². The molecule has 0 unspecified atom stereocenters. The molecule has 0 aromatic heterocycles. The lowest BCUT2D eigenvalue weighted by Crippen LogP contribution is -2.26. The van der Waals surface area contributed by atoms with Gasteiger partial charge in [-0.05, 0) is 32.1 Å². The van der Waals surface area contributed by atoms with Gasteiger partial charge >= 0.3 is 9.28 Å². The van der Waals surface area contributed by atoms with E-state index in [1.54, 1.807) is 14.2 Å². The van der Waals surface area contributed by atoms with Gasteiger partial charge in [0.2, 0.25) is 0 Å². The first-order valence-electron chi connectivity index (χ1n) is 5.06. The van der Waals surface area contributed by atoms with Crippen molar-refractivity contribution in [3.8, 4) is 0 Å². The molecule has 0 aliphatic rings. The molecule has 0 saturated carbocycles. The van der Waals surface area contributed by atoms with Crippen LogP contribution in [0.3, 0.4) is 0 Å². The second-order valence-corrected chi connectivity index (χ2v) is 5.45. The van der Waals surface area contributed by atoms with Crippen molar-refractivity contribution >= 4 is 9.28 Å². The Morgan fingerprint density at radius 3 is 2.00 bits per heavy atom. The Kier molecular flexibility index (Phi) is 8.75. The molecule has 0 aromatic rings. The molecule has 0 heterocycles. The van der Waals surface area contributed by atoms with E-state index >= 15 is 0 Å². The summed E-state index contributed by atoms with van der Waals surface area (Å²) in [6, 6.07) is 1.11. The largest absolute Gasteiger partial charge is 0.400 e. The molecule has 3 nitrogen and oxygen atoms in total. The SMILES string of the molecule is CCN(CC)CCC[SiH](OC)OC. The van der Waals surface area contributed by atoms with E-state index in [9.17, 15) is 0 Å². The molecule has 0 aromatic carbocycles. The predicted octanol–water partition coefficient (Wildman–Crippen LogP) is 1.23. The van der Waals surface area contributed by atoms with E-state index < -0.39 is 9.28 Å². The van der Waals surface area contributed by atoms with Crippen molar-refractivity contribution in [3.63, 3.8) is 0 Å². The Labute approximate surface area is 83.9 Å². The Balaban J connectivity index is 3.41. The van der Waals surface area contributed by atoms with Gasteiger partial charge in [-0.15, -0.1) is 0 Å². The van der Waals surface area contributed by atoms with E-state index in [4.69, 9.17) is 8.85 Å². The van der Waals surface area contributed by atoms with Gasteiger partial charge in [-0.2, -0.15) is 0 Å². The summed E-state index contributed by atoms with van der Waals surface area (Å²) in [5.41, 5.74) is 0. The van der Waals surface area contributed by atoms with E-state index in [2.05, 4.69) is 18.7 Å². The highest BCUT2D eigenvalue weighted by molar-refractivity contribution is 6.44.